The molecule has 3 nitrogen and oxygen atoms in total. The van der Waals surface area contributed by atoms with Crippen LogP contribution in [0.15, 0.2) is 42.7 Å². The molecule has 140 valence electrons. The van der Waals surface area contributed by atoms with Gasteiger partial charge in [0.15, 0.2) is 0 Å². The molecule has 0 spiro atoms. The van der Waals surface area contributed by atoms with Gasteiger partial charge < -0.3 is 4.43 Å². The van der Waals surface area contributed by atoms with Crippen LogP contribution in [-0.2, 0) is 0 Å². The van der Waals surface area contributed by atoms with Gasteiger partial charge in [0.1, 0.15) is 5.75 Å². The standard InChI is InChI=1S/C22H32N2OSi/c1-22(2,3)26(5,6)25-20-11-9-17(10-12-20)18-14-19(16-23-15-18)21-8-7-13-24(21)4/h9-12,14-16,21H,7-8,13H2,1-6H3. The maximum atomic E-state index is 6.39. The Morgan fingerprint density at radius 3 is 2.35 bits per heavy atom. The highest BCUT2D eigenvalue weighted by Crippen LogP contribution is 2.38. The molecule has 1 fully saturated rings. The van der Waals surface area contributed by atoms with Crippen molar-refractivity contribution in [2.24, 2.45) is 0 Å². The maximum absolute atomic E-state index is 6.39. The van der Waals surface area contributed by atoms with Gasteiger partial charge in [-0.2, -0.15) is 0 Å². The molecule has 1 saturated heterocycles. The Morgan fingerprint density at radius 2 is 1.77 bits per heavy atom. The highest BCUT2D eigenvalue weighted by Gasteiger charge is 2.38. The first kappa shape index (κ1) is 19.1. The fraction of sp³-hybridized carbons (Fsp3) is 0.500. The second-order valence-electron chi connectivity index (χ2n) is 9.03. The molecule has 1 aliphatic rings. The van der Waals surface area contributed by atoms with Crippen molar-refractivity contribution in [2.75, 3.05) is 13.6 Å². The number of nitrogens with zero attached hydrogens (tertiary/aromatic N) is 2. The summed E-state index contributed by atoms with van der Waals surface area (Å²) in [6, 6.07) is 11.3. The van der Waals surface area contributed by atoms with Crippen LogP contribution in [0.1, 0.15) is 45.2 Å². The smallest absolute Gasteiger partial charge is 0.250 e. The minimum Gasteiger partial charge on any atom is -0.544 e. The zero-order chi connectivity index (χ0) is 18.9. The Bertz CT molecular complexity index is 749. The van der Waals surface area contributed by atoms with E-state index in [0.29, 0.717) is 6.04 Å². The average molecular weight is 369 g/mol. The van der Waals surface area contributed by atoms with Crippen molar-refractivity contribution in [1.29, 1.82) is 0 Å². The molecule has 4 heteroatoms. The lowest BCUT2D eigenvalue weighted by Crippen LogP contribution is -2.43. The monoisotopic (exact) mass is 368 g/mol. The molecule has 2 heterocycles. The van der Waals surface area contributed by atoms with Crippen LogP contribution in [0, 0.1) is 0 Å². The largest absolute Gasteiger partial charge is 0.544 e. The van der Waals surface area contributed by atoms with Crippen molar-refractivity contribution in [3.05, 3.63) is 48.3 Å². The number of likely N-dealkylation sites (tertiary alicyclic amines) is 1. The van der Waals surface area contributed by atoms with Crippen molar-refractivity contribution in [1.82, 2.24) is 9.88 Å². The lowest BCUT2D eigenvalue weighted by Gasteiger charge is -2.36. The zero-order valence-corrected chi connectivity index (χ0v) is 18.0. The Morgan fingerprint density at radius 1 is 1.08 bits per heavy atom. The van der Waals surface area contributed by atoms with E-state index in [1.165, 1.54) is 36.1 Å². The molecule has 1 atom stereocenters. The lowest BCUT2D eigenvalue weighted by atomic mass is 10.0. The Labute approximate surface area is 159 Å². The van der Waals surface area contributed by atoms with E-state index >= 15 is 0 Å². The summed E-state index contributed by atoms with van der Waals surface area (Å²) < 4.78 is 6.39. The molecule has 0 radical (unpaired) electrons. The molecule has 1 aliphatic heterocycles. The number of hydrogen-bond acceptors (Lipinski definition) is 3. The lowest BCUT2D eigenvalue weighted by molar-refractivity contribution is 0.317. The van der Waals surface area contributed by atoms with Gasteiger partial charge in [0.2, 0.25) is 8.32 Å². The number of rotatable bonds is 4. The molecule has 0 amide bonds. The van der Waals surface area contributed by atoms with Crippen LogP contribution in [0.4, 0.5) is 0 Å². The van der Waals surface area contributed by atoms with E-state index in [1.807, 2.05) is 12.4 Å². The normalized spacial score (nSPS) is 18.9. The van der Waals surface area contributed by atoms with Crippen molar-refractivity contribution < 1.29 is 4.43 Å². The SMILES string of the molecule is CN1CCCC1c1cncc(-c2ccc(O[Si](C)(C)C(C)(C)C)cc2)c1. The van der Waals surface area contributed by atoms with Crippen LogP contribution in [0.25, 0.3) is 11.1 Å². The molecule has 3 rings (SSSR count). The minimum absolute atomic E-state index is 0.206. The van der Waals surface area contributed by atoms with Gasteiger partial charge >= 0.3 is 0 Å². The van der Waals surface area contributed by atoms with E-state index in [4.69, 9.17) is 4.43 Å². The van der Waals surface area contributed by atoms with Crippen LogP contribution >= 0.6 is 0 Å². The Hall–Kier alpha value is -1.65. The molecule has 2 aromatic rings. The molecule has 1 aromatic carbocycles. The van der Waals surface area contributed by atoms with Crippen LogP contribution < -0.4 is 4.43 Å². The van der Waals surface area contributed by atoms with Gasteiger partial charge in [0.05, 0.1) is 0 Å². The fourth-order valence-electron chi connectivity index (χ4n) is 3.29. The molecule has 26 heavy (non-hydrogen) atoms. The van der Waals surface area contributed by atoms with Crippen molar-refractivity contribution in [3.63, 3.8) is 0 Å². The Kier molecular flexibility index (Phi) is 5.27. The molecule has 0 N–H and O–H groups in total. The van der Waals surface area contributed by atoms with Crippen LogP contribution in [-0.4, -0.2) is 31.8 Å². The molecular weight excluding hydrogens is 336 g/mol. The first-order valence-electron chi connectivity index (χ1n) is 9.62. The number of hydrogen-bond donors (Lipinski definition) is 0. The van der Waals surface area contributed by atoms with Crippen molar-refractivity contribution in [2.45, 2.75) is 57.8 Å². The highest BCUT2D eigenvalue weighted by molar-refractivity contribution is 6.74. The predicted octanol–water partition coefficient (Wildman–Crippen LogP) is 5.90. The van der Waals surface area contributed by atoms with Gasteiger partial charge in [-0.3, -0.25) is 9.88 Å². The van der Waals surface area contributed by atoms with E-state index in [0.717, 1.165) is 5.75 Å². The van der Waals surface area contributed by atoms with Crippen LogP contribution in [0.2, 0.25) is 18.1 Å². The van der Waals surface area contributed by atoms with Gasteiger partial charge in [-0.25, -0.2) is 0 Å². The van der Waals surface area contributed by atoms with E-state index in [1.54, 1.807) is 0 Å². The summed E-state index contributed by atoms with van der Waals surface area (Å²) in [5.74, 6) is 0.972. The summed E-state index contributed by atoms with van der Waals surface area (Å²) in [4.78, 5) is 6.93. The topological polar surface area (TPSA) is 25.4 Å². The van der Waals surface area contributed by atoms with Gasteiger partial charge in [-0.15, -0.1) is 0 Å². The highest BCUT2D eigenvalue weighted by atomic mass is 28.4. The average Bonchev–Trinajstić information content (AvgIpc) is 3.00. The van der Waals surface area contributed by atoms with Crippen molar-refractivity contribution >= 4 is 8.32 Å². The van der Waals surface area contributed by atoms with E-state index in [-0.39, 0.29) is 5.04 Å². The molecule has 1 unspecified atom stereocenters. The first-order valence-corrected chi connectivity index (χ1v) is 12.5. The zero-order valence-electron chi connectivity index (χ0n) is 17.0. The molecule has 0 aliphatic carbocycles. The van der Waals surface area contributed by atoms with Crippen LogP contribution in [0.5, 0.6) is 5.75 Å². The second kappa shape index (κ2) is 7.16. The van der Waals surface area contributed by atoms with E-state index in [9.17, 15) is 0 Å². The quantitative estimate of drug-likeness (QED) is 0.628. The van der Waals surface area contributed by atoms with Gasteiger partial charge in [-0.05, 0) is 73.9 Å². The van der Waals surface area contributed by atoms with E-state index in [2.05, 4.69) is 81.1 Å². The molecule has 1 aromatic heterocycles. The summed E-state index contributed by atoms with van der Waals surface area (Å²) >= 11 is 0. The van der Waals surface area contributed by atoms with Crippen molar-refractivity contribution in [3.8, 4) is 16.9 Å². The predicted molar refractivity (Wildman–Crippen MR) is 112 cm³/mol. The van der Waals surface area contributed by atoms with Gasteiger partial charge in [0, 0.05) is 24.0 Å². The maximum Gasteiger partial charge on any atom is 0.250 e. The third-order valence-corrected chi connectivity index (χ3v) is 10.4. The summed E-state index contributed by atoms with van der Waals surface area (Å²) in [6.07, 6.45) is 6.47. The third-order valence-electron chi connectivity index (χ3n) is 6.03. The fourth-order valence-corrected chi connectivity index (χ4v) is 4.32. The van der Waals surface area contributed by atoms with Crippen LogP contribution in [0.3, 0.4) is 0 Å². The summed E-state index contributed by atoms with van der Waals surface area (Å²) in [7, 11) is 0.411. The van der Waals surface area contributed by atoms with Gasteiger partial charge in [0.25, 0.3) is 0 Å². The first-order chi connectivity index (χ1) is 12.2. The molecular formula is C22H32N2OSi. The summed E-state index contributed by atoms with van der Waals surface area (Å²) in [6.45, 7) is 12.5. The number of benzene rings is 1. The summed E-state index contributed by atoms with van der Waals surface area (Å²) in [5, 5.41) is 0.206. The molecule has 0 saturated carbocycles. The van der Waals surface area contributed by atoms with E-state index < -0.39 is 8.32 Å². The number of pyridine rings is 1. The minimum atomic E-state index is -1.79. The third kappa shape index (κ3) is 4.02. The second-order valence-corrected chi connectivity index (χ2v) is 13.8. The van der Waals surface area contributed by atoms with Gasteiger partial charge in [-0.1, -0.05) is 32.9 Å². The molecule has 0 bridgehead atoms. The number of aromatic nitrogens is 1. The Balaban J connectivity index is 1.79. The summed E-state index contributed by atoms with van der Waals surface area (Å²) in [5.41, 5.74) is 3.70.